The van der Waals surface area contributed by atoms with Gasteiger partial charge >= 0.3 is 55.4 Å². The summed E-state index contributed by atoms with van der Waals surface area (Å²) < 4.78 is 1.66. The van der Waals surface area contributed by atoms with Crippen LogP contribution in [0.2, 0.25) is 0 Å². The predicted octanol–water partition coefficient (Wildman–Crippen LogP) is 1.96. The Morgan fingerprint density at radius 3 is 2.12 bits per heavy atom. The van der Waals surface area contributed by atoms with Gasteiger partial charge in [-0.3, -0.25) is 0 Å². The van der Waals surface area contributed by atoms with Crippen molar-refractivity contribution in [3.05, 3.63) is 0 Å². The summed E-state index contributed by atoms with van der Waals surface area (Å²) in [6, 6.07) is 0. The van der Waals surface area contributed by atoms with Crippen LogP contribution in [0, 0.1) is 0 Å². The summed E-state index contributed by atoms with van der Waals surface area (Å²) in [4.78, 5) is 10.3. The molecule has 0 aromatic heterocycles. The molecule has 0 amide bonds. The monoisotopic (exact) mass is 228 g/mol. The van der Waals surface area contributed by atoms with Crippen molar-refractivity contribution in [1.82, 2.24) is 0 Å². The van der Waals surface area contributed by atoms with E-state index in [1.807, 2.05) is 0 Å². The van der Waals surface area contributed by atoms with Crippen LogP contribution in [-0.2, 0) is 0 Å². The van der Waals surface area contributed by atoms with E-state index in [4.69, 9.17) is 5.11 Å². The first-order chi connectivity index (χ1) is 3.80. The van der Waals surface area contributed by atoms with Crippen LogP contribution >= 0.6 is 19.8 Å². The van der Waals surface area contributed by atoms with Crippen molar-refractivity contribution in [2.75, 3.05) is 8.86 Å². The molecule has 1 fully saturated rings. The quantitative estimate of drug-likeness (QED) is 0.423. The van der Waals surface area contributed by atoms with Crippen LogP contribution in [0.1, 0.15) is 12.8 Å². The SMILES string of the molecule is O=C(O)I1CCCC1. The molecule has 48 valence electrons. The molecule has 3 heteroatoms. The topological polar surface area (TPSA) is 37.3 Å². The van der Waals surface area contributed by atoms with Gasteiger partial charge in [0.05, 0.1) is 0 Å². The zero-order valence-corrected chi connectivity index (χ0v) is 6.72. The summed E-state index contributed by atoms with van der Waals surface area (Å²) >= 11 is -1.39. The molecule has 0 saturated carbocycles. The van der Waals surface area contributed by atoms with Crippen molar-refractivity contribution >= 4 is 23.8 Å². The second-order valence-corrected chi connectivity index (χ2v) is 7.48. The van der Waals surface area contributed by atoms with E-state index >= 15 is 0 Å². The Balaban J connectivity index is 2.35. The molecule has 2 nitrogen and oxygen atoms in total. The van der Waals surface area contributed by atoms with Gasteiger partial charge in [0, 0.05) is 0 Å². The normalized spacial score (nSPS) is 23.8. The second kappa shape index (κ2) is 2.66. The van der Waals surface area contributed by atoms with Crippen LogP contribution in [0.25, 0.3) is 0 Å². The molecule has 0 atom stereocenters. The van der Waals surface area contributed by atoms with Crippen molar-refractivity contribution in [3.63, 3.8) is 0 Å². The van der Waals surface area contributed by atoms with Crippen molar-refractivity contribution in [2.45, 2.75) is 12.8 Å². The fourth-order valence-corrected chi connectivity index (χ4v) is 5.15. The molecule has 1 rings (SSSR count). The Hall–Kier alpha value is 0.200. The van der Waals surface area contributed by atoms with E-state index in [0.717, 1.165) is 8.86 Å². The van der Waals surface area contributed by atoms with E-state index in [0.29, 0.717) is 0 Å². The number of carbonyl (C=O) groups is 1. The van der Waals surface area contributed by atoms with Crippen LogP contribution in [0.15, 0.2) is 0 Å². The molecule has 0 aromatic carbocycles. The first kappa shape index (κ1) is 6.32. The molecule has 0 aromatic rings. The number of halogens is 1. The van der Waals surface area contributed by atoms with E-state index in [9.17, 15) is 4.79 Å². The summed E-state index contributed by atoms with van der Waals surface area (Å²) in [5.41, 5.74) is 0. The maximum absolute atomic E-state index is 10.3. The van der Waals surface area contributed by atoms with Crippen molar-refractivity contribution in [2.24, 2.45) is 0 Å². The van der Waals surface area contributed by atoms with Gasteiger partial charge in [-0.1, -0.05) is 0 Å². The minimum absolute atomic E-state index is 0.452. The second-order valence-electron chi connectivity index (χ2n) is 1.79. The molecule has 1 saturated heterocycles. The summed E-state index contributed by atoms with van der Waals surface area (Å²) in [6.45, 7) is 0. The molecule has 0 radical (unpaired) electrons. The molecule has 8 heavy (non-hydrogen) atoms. The molecule has 1 aliphatic rings. The van der Waals surface area contributed by atoms with Crippen LogP contribution in [0.4, 0.5) is 4.79 Å². The molecule has 0 aliphatic carbocycles. The first-order valence-corrected chi connectivity index (χ1v) is 6.78. The van der Waals surface area contributed by atoms with Crippen molar-refractivity contribution in [1.29, 1.82) is 0 Å². The Morgan fingerprint density at radius 1 is 1.38 bits per heavy atom. The molecule has 1 aliphatic heterocycles. The number of hydrogen-bond donors (Lipinski definition) is 1. The minimum atomic E-state index is -1.39. The van der Waals surface area contributed by atoms with Gasteiger partial charge in [-0.2, -0.15) is 0 Å². The zero-order valence-electron chi connectivity index (χ0n) is 4.56. The summed E-state index contributed by atoms with van der Waals surface area (Å²) in [6.07, 6.45) is 2.36. The standard InChI is InChI=1S/C5H9IO2/c7-5(8)6-3-1-2-4-6/h1-4H2,(H,7,8). The predicted molar refractivity (Wildman–Crippen MR) is 41.0 cm³/mol. The van der Waals surface area contributed by atoms with E-state index in [1.165, 1.54) is 12.8 Å². The number of rotatable bonds is 1. The number of hydrogen-bond acceptors (Lipinski definition) is 1. The van der Waals surface area contributed by atoms with Gasteiger partial charge in [0.15, 0.2) is 0 Å². The Kier molecular flexibility index (Phi) is 2.10. The maximum atomic E-state index is 10.3. The average Bonchev–Trinajstić information content (AvgIpc) is 2.12. The molecular weight excluding hydrogens is 219 g/mol. The van der Waals surface area contributed by atoms with Crippen molar-refractivity contribution < 1.29 is 9.90 Å². The Bertz CT molecular complexity index is 96.6. The first-order valence-electron chi connectivity index (χ1n) is 2.65. The number of carboxylic acid groups (broad SMARTS) is 1. The van der Waals surface area contributed by atoms with Gasteiger partial charge in [-0.25, -0.2) is 0 Å². The average molecular weight is 228 g/mol. The van der Waals surface area contributed by atoms with E-state index in [-0.39, 0.29) is 0 Å². The van der Waals surface area contributed by atoms with Gasteiger partial charge in [0.1, 0.15) is 0 Å². The van der Waals surface area contributed by atoms with Gasteiger partial charge in [0.2, 0.25) is 0 Å². The van der Waals surface area contributed by atoms with Crippen molar-refractivity contribution in [3.8, 4) is 0 Å². The summed E-state index contributed by atoms with van der Waals surface area (Å²) in [7, 11) is 0. The van der Waals surface area contributed by atoms with Gasteiger partial charge in [0.25, 0.3) is 0 Å². The third-order valence-corrected chi connectivity index (χ3v) is 6.64. The molecule has 0 unspecified atom stereocenters. The Morgan fingerprint density at radius 2 is 1.88 bits per heavy atom. The summed E-state index contributed by atoms with van der Waals surface area (Å²) in [5.74, 6) is 0. The van der Waals surface area contributed by atoms with Crippen LogP contribution in [0.5, 0.6) is 0 Å². The third-order valence-electron chi connectivity index (χ3n) is 1.20. The van der Waals surface area contributed by atoms with Crippen LogP contribution in [0.3, 0.4) is 0 Å². The molecular formula is C5H9IO2. The molecule has 0 spiro atoms. The van der Waals surface area contributed by atoms with E-state index in [2.05, 4.69) is 0 Å². The van der Waals surface area contributed by atoms with Gasteiger partial charge in [-0.15, -0.1) is 0 Å². The van der Waals surface area contributed by atoms with Gasteiger partial charge in [-0.05, 0) is 0 Å². The summed E-state index contributed by atoms with van der Waals surface area (Å²) in [5, 5.41) is 8.48. The van der Waals surface area contributed by atoms with Crippen LogP contribution in [-0.4, -0.2) is 17.9 Å². The molecule has 1 heterocycles. The fraction of sp³-hybridized carbons (Fsp3) is 0.800. The molecule has 0 bridgehead atoms. The Labute approximate surface area is 55.7 Å². The molecule has 1 N–H and O–H groups in total. The zero-order chi connectivity index (χ0) is 5.98. The van der Waals surface area contributed by atoms with E-state index < -0.39 is 23.8 Å². The fourth-order valence-electron chi connectivity index (χ4n) is 0.768. The van der Waals surface area contributed by atoms with E-state index in [1.54, 1.807) is 0 Å². The number of alkyl halides is 2. The van der Waals surface area contributed by atoms with Crippen LogP contribution < -0.4 is 0 Å². The van der Waals surface area contributed by atoms with Gasteiger partial charge < -0.3 is 0 Å². The third kappa shape index (κ3) is 1.34.